The number of carbonyl (C=O) groups is 1. The molecule has 0 radical (unpaired) electrons. The first kappa shape index (κ1) is 26.1. The van der Waals surface area contributed by atoms with Gasteiger partial charge in [-0.25, -0.2) is 0 Å². The first-order valence-electron chi connectivity index (χ1n) is 12.9. The molecule has 0 aliphatic carbocycles. The number of benzene rings is 3. The quantitative estimate of drug-likeness (QED) is 0.388. The zero-order valence-electron chi connectivity index (χ0n) is 21.4. The lowest BCUT2D eigenvalue weighted by Gasteiger charge is -2.46. The molecule has 1 saturated heterocycles. The zero-order chi connectivity index (χ0) is 25.2. The van der Waals surface area contributed by atoms with Gasteiger partial charge in [0.1, 0.15) is 0 Å². The molecule has 1 N–H and O–H groups in total. The maximum atomic E-state index is 11.9. The third-order valence-corrected chi connectivity index (χ3v) is 7.00. The number of likely N-dealkylation sites (tertiary alicyclic amines) is 1. The summed E-state index contributed by atoms with van der Waals surface area (Å²) in [7, 11) is 0. The third kappa shape index (κ3) is 7.50. The van der Waals surface area contributed by atoms with Crippen LogP contribution in [0.15, 0.2) is 91.0 Å². The molecule has 0 unspecified atom stereocenters. The molecule has 1 aliphatic heterocycles. The number of nitrogens with one attached hydrogen (secondary N) is 1. The minimum atomic E-state index is -0.142. The Morgan fingerprint density at radius 2 is 1.50 bits per heavy atom. The van der Waals surface area contributed by atoms with Crippen molar-refractivity contribution in [1.82, 2.24) is 10.2 Å². The second kappa shape index (κ2) is 13.4. The lowest BCUT2D eigenvalue weighted by Crippen LogP contribution is -2.56. The van der Waals surface area contributed by atoms with Gasteiger partial charge < -0.3 is 14.8 Å². The van der Waals surface area contributed by atoms with Crippen molar-refractivity contribution in [3.8, 4) is 0 Å². The molecule has 3 aromatic carbocycles. The standard InChI is InChI=1S/C31H38N2O3/c1-24(28-16-10-5-11-17-28)33-19-18-29(32-25(2)34)20-30(33)31(36-22-27-14-8-4-9-15-27)23-35-21-26-12-6-3-7-13-26/h3-17,24,29-31H,18-23H2,1-2H3,(H,32,34)/t24-,29+,30+,31+/m0/s1. The topological polar surface area (TPSA) is 50.8 Å². The number of piperidine rings is 1. The van der Waals surface area contributed by atoms with E-state index in [9.17, 15) is 4.79 Å². The molecule has 36 heavy (non-hydrogen) atoms. The Morgan fingerprint density at radius 3 is 2.11 bits per heavy atom. The van der Waals surface area contributed by atoms with E-state index in [1.54, 1.807) is 6.92 Å². The molecule has 1 amide bonds. The van der Waals surface area contributed by atoms with Gasteiger partial charge in [0.25, 0.3) is 0 Å². The molecule has 190 valence electrons. The van der Waals surface area contributed by atoms with Crippen LogP contribution in [0.3, 0.4) is 0 Å². The van der Waals surface area contributed by atoms with Gasteiger partial charge in [-0.1, -0.05) is 91.0 Å². The molecule has 0 spiro atoms. The van der Waals surface area contributed by atoms with E-state index in [1.807, 2.05) is 36.4 Å². The number of carbonyl (C=O) groups excluding carboxylic acids is 1. The lowest BCUT2D eigenvalue weighted by molar-refractivity contribution is -0.121. The molecular weight excluding hydrogens is 448 g/mol. The van der Waals surface area contributed by atoms with Gasteiger partial charge in [-0.3, -0.25) is 9.69 Å². The fourth-order valence-electron chi connectivity index (χ4n) is 5.12. The van der Waals surface area contributed by atoms with E-state index in [0.717, 1.165) is 30.5 Å². The second-order valence-electron chi connectivity index (χ2n) is 9.65. The highest BCUT2D eigenvalue weighted by molar-refractivity contribution is 5.73. The molecule has 1 fully saturated rings. The summed E-state index contributed by atoms with van der Waals surface area (Å²) in [6, 6.07) is 31.6. The second-order valence-corrected chi connectivity index (χ2v) is 9.65. The molecule has 1 aliphatic rings. The van der Waals surface area contributed by atoms with Crippen molar-refractivity contribution in [2.75, 3.05) is 13.2 Å². The number of ether oxygens (including phenoxy) is 2. The minimum Gasteiger partial charge on any atom is -0.374 e. The predicted octanol–water partition coefficient (Wildman–Crippen LogP) is 5.52. The summed E-state index contributed by atoms with van der Waals surface area (Å²) in [5.41, 5.74) is 3.57. The molecule has 4 atom stereocenters. The van der Waals surface area contributed by atoms with Gasteiger partial charge in [-0.2, -0.15) is 0 Å². The average molecular weight is 487 g/mol. The average Bonchev–Trinajstić information content (AvgIpc) is 2.91. The van der Waals surface area contributed by atoms with Crippen molar-refractivity contribution in [2.24, 2.45) is 0 Å². The van der Waals surface area contributed by atoms with Crippen molar-refractivity contribution in [3.05, 3.63) is 108 Å². The van der Waals surface area contributed by atoms with Gasteiger partial charge in [0, 0.05) is 31.6 Å². The maximum absolute atomic E-state index is 11.9. The van der Waals surface area contributed by atoms with Crippen molar-refractivity contribution < 1.29 is 14.3 Å². The fourth-order valence-corrected chi connectivity index (χ4v) is 5.12. The van der Waals surface area contributed by atoms with Crippen LogP contribution in [0.5, 0.6) is 0 Å². The van der Waals surface area contributed by atoms with E-state index in [2.05, 4.69) is 71.7 Å². The van der Waals surface area contributed by atoms with Gasteiger partial charge >= 0.3 is 0 Å². The Bertz CT molecular complexity index is 1050. The largest absolute Gasteiger partial charge is 0.374 e. The SMILES string of the molecule is CC(=O)N[C@@H]1CCN([C@@H](C)c2ccccc2)[C@@H]([C@@H](COCc2ccccc2)OCc2ccccc2)C1. The summed E-state index contributed by atoms with van der Waals surface area (Å²) in [4.78, 5) is 14.4. The van der Waals surface area contributed by atoms with Crippen LogP contribution >= 0.6 is 0 Å². The molecule has 3 aromatic rings. The van der Waals surface area contributed by atoms with Gasteiger partial charge in [0.15, 0.2) is 0 Å². The Balaban J connectivity index is 1.54. The number of amides is 1. The van der Waals surface area contributed by atoms with E-state index in [-0.39, 0.29) is 30.1 Å². The number of hydrogen-bond donors (Lipinski definition) is 1. The fraction of sp³-hybridized carbons (Fsp3) is 0.387. The first-order chi connectivity index (χ1) is 17.6. The smallest absolute Gasteiger partial charge is 0.217 e. The van der Waals surface area contributed by atoms with E-state index in [0.29, 0.717) is 19.8 Å². The Morgan fingerprint density at radius 1 is 0.917 bits per heavy atom. The third-order valence-electron chi connectivity index (χ3n) is 7.00. The summed E-state index contributed by atoms with van der Waals surface area (Å²) < 4.78 is 12.8. The first-order valence-corrected chi connectivity index (χ1v) is 12.9. The van der Waals surface area contributed by atoms with Crippen LogP contribution in [0.25, 0.3) is 0 Å². The van der Waals surface area contributed by atoms with Crippen LogP contribution in [0.4, 0.5) is 0 Å². The molecule has 4 rings (SSSR count). The molecule has 0 saturated carbocycles. The van der Waals surface area contributed by atoms with Gasteiger partial charge in [-0.15, -0.1) is 0 Å². The van der Waals surface area contributed by atoms with E-state index >= 15 is 0 Å². The number of nitrogens with zero attached hydrogens (tertiary/aromatic N) is 1. The predicted molar refractivity (Wildman–Crippen MR) is 143 cm³/mol. The Labute approximate surface area is 215 Å². The highest BCUT2D eigenvalue weighted by Gasteiger charge is 2.37. The highest BCUT2D eigenvalue weighted by atomic mass is 16.5. The summed E-state index contributed by atoms with van der Waals surface area (Å²) >= 11 is 0. The molecule has 5 heteroatoms. The Hall–Kier alpha value is -2.99. The summed E-state index contributed by atoms with van der Waals surface area (Å²) in [5.74, 6) is 0.0189. The number of rotatable bonds is 11. The van der Waals surface area contributed by atoms with Gasteiger partial charge in [0.2, 0.25) is 5.91 Å². The van der Waals surface area contributed by atoms with Crippen LogP contribution in [0, 0.1) is 0 Å². The van der Waals surface area contributed by atoms with Gasteiger partial charge in [0.05, 0.1) is 25.9 Å². The minimum absolute atomic E-state index is 0.0189. The lowest BCUT2D eigenvalue weighted by atomic mass is 9.90. The van der Waals surface area contributed by atoms with E-state index < -0.39 is 0 Å². The molecule has 0 bridgehead atoms. The molecule has 0 aromatic heterocycles. The van der Waals surface area contributed by atoms with Crippen LogP contribution in [-0.4, -0.2) is 42.1 Å². The summed E-state index contributed by atoms with van der Waals surface area (Å²) in [6.07, 6.45) is 1.60. The van der Waals surface area contributed by atoms with E-state index in [4.69, 9.17) is 9.47 Å². The van der Waals surface area contributed by atoms with Crippen LogP contribution < -0.4 is 5.32 Å². The molecule has 5 nitrogen and oxygen atoms in total. The van der Waals surface area contributed by atoms with Crippen molar-refractivity contribution in [3.63, 3.8) is 0 Å². The molecular formula is C31H38N2O3. The van der Waals surface area contributed by atoms with Crippen molar-refractivity contribution in [2.45, 2.75) is 64.1 Å². The van der Waals surface area contributed by atoms with Crippen molar-refractivity contribution >= 4 is 5.91 Å². The van der Waals surface area contributed by atoms with E-state index in [1.165, 1.54) is 5.56 Å². The summed E-state index contributed by atoms with van der Waals surface area (Å²) in [6.45, 7) is 6.30. The van der Waals surface area contributed by atoms with Crippen LogP contribution in [0.1, 0.15) is 49.4 Å². The number of hydrogen-bond acceptors (Lipinski definition) is 4. The normalized spacial score (nSPS) is 19.9. The van der Waals surface area contributed by atoms with Crippen molar-refractivity contribution in [1.29, 1.82) is 0 Å². The maximum Gasteiger partial charge on any atom is 0.217 e. The zero-order valence-corrected chi connectivity index (χ0v) is 21.4. The van der Waals surface area contributed by atoms with Gasteiger partial charge in [-0.05, 0) is 36.5 Å². The Kier molecular flexibility index (Phi) is 9.68. The van der Waals surface area contributed by atoms with Crippen LogP contribution in [0.2, 0.25) is 0 Å². The summed E-state index contributed by atoms with van der Waals surface area (Å²) in [5, 5.41) is 3.16. The van der Waals surface area contributed by atoms with Crippen LogP contribution in [-0.2, 0) is 27.5 Å². The molecule has 1 heterocycles. The highest BCUT2D eigenvalue weighted by Crippen LogP contribution is 2.31. The monoisotopic (exact) mass is 486 g/mol.